The van der Waals surface area contributed by atoms with E-state index in [1.165, 1.54) is 30.3 Å². The van der Waals surface area contributed by atoms with E-state index in [4.69, 9.17) is 16.3 Å². The quantitative estimate of drug-likeness (QED) is 0.387. The first-order chi connectivity index (χ1) is 14.8. The number of hydrogen-bond acceptors (Lipinski definition) is 6. The number of hydrogen-bond donors (Lipinski definition) is 0. The second kappa shape index (κ2) is 7.04. The molecule has 0 saturated heterocycles. The van der Waals surface area contributed by atoms with Gasteiger partial charge in [-0.05, 0) is 42.5 Å². The highest BCUT2D eigenvalue weighted by Gasteiger charge is 2.35. The van der Waals surface area contributed by atoms with Crippen LogP contribution >= 0.6 is 11.6 Å². The van der Waals surface area contributed by atoms with Crippen LogP contribution in [0.3, 0.4) is 0 Å². The van der Waals surface area contributed by atoms with Crippen LogP contribution in [-0.2, 0) is 21.2 Å². The van der Waals surface area contributed by atoms with E-state index < -0.39 is 21.6 Å². The van der Waals surface area contributed by atoms with Crippen LogP contribution < -0.4 is 0 Å². The van der Waals surface area contributed by atoms with Gasteiger partial charge >= 0.3 is 5.97 Å². The van der Waals surface area contributed by atoms with Gasteiger partial charge < -0.3 is 9.14 Å². The largest absolute Gasteiger partial charge is 0.456 e. The maximum Gasteiger partial charge on any atom is 0.338 e. The molecule has 5 rings (SSSR count). The molecule has 2 aromatic carbocycles. The minimum Gasteiger partial charge on any atom is -0.456 e. The lowest BCUT2D eigenvalue weighted by atomic mass is 10.0. The van der Waals surface area contributed by atoms with Gasteiger partial charge in [0.1, 0.15) is 12.3 Å². The Kier molecular flexibility index (Phi) is 4.42. The smallest absolute Gasteiger partial charge is 0.338 e. The van der Waals surface area contributed by atoms with Crippen molar-refractivity contribution >= 4 is 38.8 Å². The van der Waals surface area contributed by atoms with Crippen molar-refractivity contribution in [3.05, 3.63) is 94.4 Å². The number of ketones is 1. The second-order valence-electron chi connectivity index (χ2n) is 6.96. The van der Waals surface area contributed by atoms with Gasteiger partial charge in [-0.1, -0.05) is 23.7 Å². The topological polar surface area (TPSA) is 94.8 Å². The van der Waals surface area contributed by atoms with Gasteiger partial charge in [-0.25, -0.2) is 18.2 Å². The molecule has 4 aromatic rings. The molecular weight excluding hydrogens is 440 g/mol. The van der Waals surface area contributed by atoms with E-state index in [0.717, 1.165) is 0 Å². The van der Waals surface area contributed by atoms with Crippen LogP contribution in [0.5, 0.6) is 0 Å². The number of aromatic nitrogens is 2. The average molecular weight is 453 g/mol. The number of nitrogens with zero attached hydrogens (tertiary/aromatic N) is 2. The summed E-state index contributed by atoms with van der Waals surface area (Å²) in [7, 11) is -3.94. The number of sulfone groups is 1. The molecule has 0 N–H and O–H groups in total. The van der Waals surface area contributed by atoms with Crippen LogP contribution in [0.15, 0.2) is 76.8 Å². The summed E-state index contributed by atoms with van der Waals surface area (Å²) in [5, 5.41) is 0.542. The summed E-state index contributed by atoms with van der Waals surface area (Å²) < 4.78 is 33.0. The van der Waals surface area contributed by atoms with Crippen molar-refractivity contribution in [2.75, 3.05) is 0 Å². The van der Waals surface area contributed by atoms with E-state index >= 15 is 0 Å². The van der Waals surface area contributed by atoms with E-state index in [1.807, 2.05) is 0 Å². The lowest BCUT2D eigenvalue weighted by Gasteiger charge is -2.19. The van der Waals surface area contributed by atoms with Crippen LogP contribution in [0.2, 0.25) is 5.02 Å². The Labute approximate surface area is 181 Å². The van der Waals surface area contributed by atoms with E-state index in [1.54, 1.807) is 41.1 Å². The monoisotopic (exact) mass is 452 g/mol. The summed E-state index contributed by atoms with van der Waals surface area (Å²) in [5.41, 5.74) is 1.34. The van der Waals surface area contributed by atoms with Gasteiger partial charge in [-0.15, -0.1) is 0 Å². The van der Waals surface area contributed by atoms with Gasteiger partial charge in [-0.2, -0.15) is 0 Å². The molecule has 0 radical (unpaired) electrons. The van der Waals surface area contributed by atoms with Gasteiger partial charge in [0.25, 0.3) is 0 Å². The summed E-state index contributed by atoms with van der Waals surface area (Å²) in [4.78, 5) is 29.3. The van der Waals surface area contributed by atoms with Crippen molar-refractivity contribution in [1.29, 1.82) is 0 Å². The summed E-state index contributed by atoms with van der Waals surface area (Å²) in [6, 6.07) is 13.4. The maximum absolute atomic E-state index is 13.0. The van der Waals surface area contributed by atoms with Gasteiger partial charge in [0.15, 0.2) is 5.78 Å². The number of halogens is 1. The summed E-state index contributed by atoms with van der Waals surface area (Å²) in [6.45, 7) is -0.107. The first-order valence-electron chi connectivity index (χ1n) is 9.18. The van der Waals surface area contributed by atoms with Crippen molar-refractivity contribution < 1.29 is 22.7 Å². The minimum absolute atomic E-state index is 0.0290. The zero-order valence-corrected chi connectivity index (χ0v) is 17.4. The molecule has 0 spiro atoms. The molecule has 2 aromatic heterocycles. The first-order valence-corrected chi connectivity index (χ1v) is 11.0. The third-order valence-corrected chi connectivity index (χ3v) is 7.06. The van der Waals surface area contributed by atoms with Crippen molar-refractivity contribution in [2.45, 2.75) is 16.4 Å². The fourth-order valence-electron chi connectivity index (χ4n) is 3.52. The molecule has 0 saturated carbocycles. The third kappa shape index (κ3) is 3.20. The molecule has 7 nitrogen and oxygen atoms in total. The van der Waals surface area contributed by atoms with E-state index in [-0.39, 0.29) is 33.1 Å². The SMILES string of the molecule is O=C(OCc1cn2cc(Cl)ccc2n1)c1ccc2c(c1)S(=O)(=O)c1ccccc1C2=O. The zero-order chi connectivity index (χ0) is 21.8. The number of carbonyl (C=O) groups excluding carboxylic acids is 2. The molecule has 0 fully saturated rings. The highest BCUT2D eigenvalue weighted by atomic mass is 35.5. The summed E-state index contributed by atoms with van der Waals surface area (Å²) >= 11 is 5.95. The lowest BCUT2D eigenvalue weighted by Crippen LogP contribution is -2.21. The number of carbonyl (C=O) groups is 2. The fourth-order valence-corrected chi connectivity index (χ4v) is 5.37. The molecule has 3 heterocycles. The van der Waals surface area contributed by atoms with Crippen LogP contribution in [0.1, 0.15) is 32.0 Å². The Balaban J connectivity index is 1.43. The Bertz CT molecular complexity index is 1510. The standard InChI is InChI=1S/C22H13ClN2O5S/c23-14-6-8-20-24-15(11-25(20)10-14)12-30-22(27)13-5-7-17-19(9-13)31(28,29)18-4-2-1-3-16(18)21(17)26/h1-11H,12H2. The number of fused-ring (bicyclic) bond motifs is 3. The lowest BCUT2D eigenvalue weighted by molar-refractivity contribution is 0.0467. The Hall–Kier alpha value is -3.49. The Morgan fingerprint density at radius 2 is 1.77 bits per heavy atom. The van der Waals surface area contributed by atoms with Crippen LogP contribution in [-0.4, -0.2) is 29.6 Å². The van der Waals surface area contributed by atoms with Crippen LogP contribution in [0.4, 0.5) is 0 Å². The molecule has 31 heavy (non-hydrogen) atoms. The van der Waals surface area contributed by atoms with Gasteiger partial charge in [-0.3, -0.25) is 4.79 Å². The molecule has 0 amide bonds. The van der Waals surface area contributed by atoms with Crippen molar-refractivity contribution in [2.24, 2.45) is 0 Å². The highest BCUT2D eigenvalue weighted by molar-refractivity contribution is 7.91. The molecule has 0 bridgehead atoms. The molecule has 0 atom stereocenters. The number of ether oxygens (including phenoxy) is 1. The molecule has 9 heteroatoms. The fraction of sp³-hybridized carbons (Fsp3) is 0.0455. The number of rotatable bonds is 3. The predicted octanol–water partition coefficient (Wildman–Crippen LogP) is 3.72. The van der Waals surface area contributed by atoms with Crippen molar-refractivity contribution in [1.82, 2.24) is 9.38 Å². The van der Waals surface area contributed by atoms with E-state index in [9.17, 15) is 18.0 Å². The molecule has 1 aliphatic heterocycles. The Morgan fingerprint density at radius 3 is 2.61 bits per heavy atom. The number of benzene rings is 2. The third-order valence-electron chi connectivity index (χ3n) is 4.99. The van der Waals surface area contributed by atoms with Crippen LogP contribution in [0, 0.1) is 0 Å². The van der Waals surface area contributed by atoms with E-state index in [0.29, 0.717) is 16.4 Å². The zero-order valence-electron chi connectivity index (χ0n) is 15.8. The molecule has 0 aliphatic carbocycles. The number of imidazole rings is 1. The molecule has 154 valence electrons. The summed E-state index contributed by atoms with van der Waals surface area (Å²) in [5.74, 6) is -1.12. The average Bonchev–Trinajstić information content (AvgIpc) is 3.18. The van der Waals surface area contributed by atoms with Gasteiger partial charge in [0, 0.05) is 23.5 Å². The number of pyridine rings is 1. The number of esters is 1. The maximum atomic E-state index is 13.0. The minimum atomic E-state index is -3.94. The van der Waals surface area contributed by atoms with Gasteiger partial charge in [0.2, 0.25) is 9.84 Å². The second-order valence-corrected chi connectivity index (χ2v) is 9.28. The Morgan fingerprint density at radius 1 is 1.00 bits per heavy atom. The van der Waals surface area contributed by atoms with Crippen molar-refractivity contribution in [3.8, 4) is 0 Å². The highest BCUT2D eigenvalue weighted by Crippen LogP contribution is 2.34. The molecule has 1 aliphatic rings. The van der Waals surface area contributed by atoms with Crippen LogP contribution in [0.25, 0.3) is 5.65 Å². The van der Waals surface area contributed by atoms with Gasteiger partial charge in [0.05, 0.1) is 26.1 Å². The molecule has 0 unspecified atom stereocenters. The normalized spacial score (nSPS) is 14.2. The first kappa shape index (κ1) is 19.5. The summed E-state index contributed by atoms with van der Waals surface area (Å²) in [6.07, 6.45) is 3.36. The van der Waals surface area contributed by atoms with Crippen molar-refractivity contribution in [3.63, 3.8) is 0 Å². The predicted molar refractivity (Wildman–Crippen MR) is 111 cm³/mol. The molecular formula is C22H13ClN2O5S. The van der Waals surface area contributed by atoms with E-state index in [2.05, 4.69) is 4.98 Å².